The summed E-state index contributed by atoms with van der Waals surface area (Å²) in [4.78, 5) is 11.1. The molecule has 92 valence electrons. The average molecular weight is 232 g/mol. The normalized spacial score (nSPS) is 11.3. The summed E-state index contributed by atoms with van der Waals surface area (Å²) in [5, 5.41) is 0. The van der Waals surface area contributed by atoms with E-state index in [-0.39, 0.29) is 5.97 Å². The number of hydrogen-bond donors (Lipinski definition) is 0. The van der Waals surface area contributed by atoms with E-state index in [2.05, 4.69) is 25.1 Å². The van der Waals surface area contributed by atoms with Crippen LogP contribution >= 0.6 is 0 Å². The van der Waals surface area contributed by atoms with Crippen LogP contribution in [0.1, 0.15) is 38.7 Å². The van der Waals surface area contributed by atoms with E-state index in [4.69, 9.17) is 4.74 Å². The van der Waals surface area contributed by atoms with Gasteiger partial charge in [-0.05, 0) is 37.8 Å². The molecule has 0 heterocycles. The molecule has 0 aromatic heterocycles. The number of esters is 1. The second kappa shape index (κ2) is 7.66. The summed E-state index contributed by atoms with van der Waals surface area (Å²) >= 11 is 0. The van der Waals surface area contributed by atoms with Crippen LogP contribution in [0.4, 0.5) is 0 Å². The molecule has 0 unspecified atom stereocenters. The van der Waals surface area contributed by atoms with Gasteiger partial charge in [0.25, 0.3) is 0 Å². The molecule has 2 nitrogen and oxygen atoms in total. The van der Waals surface area contributed by atoms with Gasteiger partial charge in [-0.2, -0.15) is 0 Å². The molecule has 0 amide bonds. The van der Waals surface area contributed by atoms with Crippen molar-refractivity contribution in [1.29, 1.82) is 0 Å². The summed E-state index contributed by atoms with van der Waals surface area (Å²) < 4.78 is 4.87. The van der Waals surface area contributed by atoms with Crippen molar-refractivity contribution in [3.05, 3.63) is 42.0 Å². The summed E-state index contributed by atoms with van der Waals surface area (Å²) in [6.45, 7) is 4.40. The Labute approximate surface area is 103 Å². The summed E-state index contributed by atoms with van der Waals surface area (Å²) in [6, 6.07) is 10.3. The van der Waals surface area contributed by atoms with Crippen LogP contribution in [0.25, 0.3) is 5.57 Å². The van der Waals surface area contributed by atoms with Gasteiger partial charge in [0.05, 0.1) is 6.61 Å². The van der Waals surface area contributed by atoms with Crippen molar-refractivity contribution in [2.24, 2.45) is 0 Å². The Hall–Kier alpha value is -1.57. The maximum absolute atomic E-state index is 11.1. The number of allylic oxidation sites excluding steroid dienone is 2. The first-order valence-corrected chi connectivity index (χ1v) is 6.12. The maximum Gasteiger partial charge on any atom is 0.305 e. The van der Waals surface area contributed by atoms with Gasteiger partial charge < -0.3 is 4.74 Å². The minimum Gasteiger partial charge on any atom is -0.466 e. The number of hydrogen-bond acceptors (Lipinski definition) is 2. The van der Waals surface area contributed by atoms with Crippen molar-refractivity contribution in [2.75, 3.05) is 6.61 Å². The van der Waals surface area contributed by atoms with Gasteiger partial charge in [-0.15, -0.1) is 0 Å². The van der Waals surface area contributed by atoms with Crippen LogP contribution in [-0.4, -0.2) is 12.6 Å². The fourth-order valence-electron chi connectivity index (χ4n) is 1.62. The molecule has 2 heteroatoms. The standard InChI is InChI=1S/C15H20O2/c1-3-17-15(16)12-8-7-9-13(2)14-10-5-4-6-11-14/h4-6,9-11H,3,7-8,12H2,1-2H3/b13-9+. The number of ether oxygens (including phenoxy) is 1. The van der Waals surface area contributed by atoms with E-state index < -0.39 is 0 Å². The number of carbonyl (C=O) groups excluding carboxylic acids is 1. The zero-order valence-electron chi connectivity index (χ0n) is 10.6. The molecule has 0 spiro atoms. The second-order valence-corrected chi connectivity index (χ2v) is 3.95. The molecular weight excluding hydrogens is 212 g/mol. The van der Waals surface area contributed by atoms with Crippen molar-refractivity contribution in [2.45, 2.75) is 33.1 Å². The quantitative estimate of drug-likeness (QED) is 0.550. The smallest absolute Gasteiger partial charge is 0.305 e. The molecule has 0 bridgehead atoms. The summed E-state index contributed by atoms with van der Waals surface area (Å²) in [5.41, 5.74) is 2.50. The average Bonchev–Trinajstić information content (AvgIpc) is 2.36. The molecular formula is C15H20O2. The van der Waals surface area contributed by atoms with E-state index in [1.54, 1.807) is 0 Å². The first-order valence-electron chi connectivity index (χ1n) is 6.12. The van der Waals surface area contributed by atoms with Gasteiger partial charge in [0.2, 0.25) is 0 Å². The lowest BCUT2D eigenvalue weighted by Gasteiger charge is -2.02. The number of benzene rings is 1. The van der Waals surface area contributed by atoms with Gasteiger partial charge in [-0.1, -0.05) is 36.4 Å². The third-order valence-corrected chi connectivity index (χ3v) is 2.57. The molecule has 0 aliphatic carbocycles. The van der Waals surface area contributed by atoms with Gasteiger partial charge in [-0.25, -0.2) is 0 Å². The predicted molar refractivity (Wildman–Crippen MR) is 70.6 cm³/mol. The second-order valence-electron chi connectivity index (χ2n) is 3.95. The Morgan fingerprint density at radius 3 is 2.65 bits per heavy atom. The SMILES string of the molecule is CCOC(=O)CCC/C=C(\C)c1ccccc1. The highest BCUT2D eigenvalue weighted by Gasteiger charge is 2.00. The first kappa shape index (κ1) is 13.5. The lowest BCUT2D eigenvalue weighted by atomic mass is 10.1. The first-order chi connectivity index (χ1) is 8.24. The van der Waals surface area contributed by atoms with Crippen molar-refractivity contribution in [3.8, 4) is 0 Å². The zero-order chi connectivity index (χ0) is 12.5. The zero-order valence-corrected chi connectivity index (χ0v) is 10.6. The molecule has 1 rings (SSSR count). The molecule has 1 aromatic rings. The molecule has 0 aliphatic heterocycles. The van der Waals surface area contributed by atoms with Gasteiger partial charge in [0, 0.05) is 6.42 Å². The van der Waals surface area contributed by atoms with Crippen LogP contribution in [0.15, 0.2) is 36.4 Å². The lowest BCUT2D eigenvalue weighted by Crippen LogP contribution is -2.02. The van der Waals surface area contributed by atoms with Crippen LogP contribution in [0.2, 0.25) is 0 Å². The lowest BCUT2D eigenvalue weighted by molar-refractivity contribution is -0.143. The van der Waals surface area contributed by atoms with Crippen LogP contribution in [-0.2, 0) is 9.53 Å². The Morgan fingerprint density at radius 1 is 1.29 bits per heavy atom. The molecule has 0 N–H and O–H groups in total. The van der Waals surface area contributed by atoms with Gasteiger partial charge in [0.1, 0.15) is 0 Å². The van der Waals surface area contributed by atoms with E-state index >= 15 is 0 Å². The summed E-state index contributed by atoms with van der Waals surface area (Å²) in [6.07, 6.45) is 4.45. The van der Waals surface area contributed by atoms with Crippen LogP contribution in [0.5, 0.6) is 0 Å². The monoisotopic (exact) mass is 232 g/mol. The van der Waals surface area contributed by atoms with Crippen LogP contribution in [0, 0.1) is 0 Å². The molecule has 0 saturated heterocycles. The topological polar surface area (TPSA) is 26.3 Å². The highest BCUT2D eigenvalue weighted by atomic mass is 16.5. The Morgan fingerprint density at radius 2 is 2.00 bits per heavy atom. The largest absolute Gasteiger partial charge is 0.466 e. The van der Waals surface area contributed by atoms with E-state index in [1.165, 1.54) is 11.1 Å². The number of rotatable bonds is 6. The molecule has 1 aromatic carbocycles. The van der Waals surface area contributed by atoms with E-state index in [9.17, 15) is 4.79 Å². The number of unbranched alkanes of at least 4 members (excludes halogenated alkanes) is 1. The Kier molecular flexibility index (Phi) is 6.08. The van der Waals surface area contributed by atoms with Crippen LogP contribution < -0.4 is 0 Å². The molecule has 0 fully saturated rings. The molecule has 0 atom stereocenters. The predicted octanol–water partition coefficient (Wildman–Crippen LogP) is 3.82. The molecule has 0 saturated carbocycles. The van der Waals surface area contributed by atoms with Crippen molar-refractivity contribution >= 4 is 11.5 Å². The third kappa shape index (κ3) is 5.34. The van der Waals surface area contributed by atoms with E-state index in [0.29, 0.717) is 13.0 Å². The fraction of sp³-hybridized carbons (Fsp3) is 0.400. The van der Waals surface area contributed by atoms with Crippen molar-refractivity contribution in [1.82, 2.24) is 0 Å². The minimum atomic E-state index is -0.0988. The van der Waals surface area contributed by atoms with Crippen molar-refractivity contribution in [3.63, 3.8) is 0 Å². The highest BCUT2D eigenvalue weighted by Crippen LogP contribution is 2.14. The molecule has 17 heavy (non-hydrogen) atoms. The minimum absolute atomic E-state index is 0.0988. The van der Waals surface area contributed by atoms with E-state index in [1.807, 2.05) is 25.1 Å². The van der Waals surface area contributed by atoms with Gasteiger partial charge in [0.15, 0.2) is 0 Å². The summed E-state index contributed by atoms with van der Waals surface area (Å²) in [7, 11) is 0. The fourth-order valence-corrected chi connectivity index (χ4v) is 1.62. The summed E-state index contributed by atoms with van der Waals surface area (Å²) in [5.74, 6) is -0.0988. The van der Waals surface area contributed by atoms with Gasteiger partial charge >= 0.3 is 5.97 Å². The van der Waals surface area contributed by atoms with Crippen molar-refractivity contribution < 1.29 is 9.53 Å². The van der Waals surface area contributed by atoms with Gasteiger partial charge in [-0.3, -0.25) is 4.79 Å². The Balaban J connectivity index is 2.32. The van der Waals surface area contributed by atoms with Crippen LogP contribution in [0.3, 0.4) is 0 Å². The third-order valence-electron chi connectivity index (χ3n) is 2.57. The number of carbonyl (C=O) groups is 1. The maximum atomic E-state index is 11.1. The Bertz CT molecular complexity index is 366. The highest BCUT2D eigenvalue weighted by molar-refractivity contribution is 5.69. The van der Waals surface area contributed by atoms with E-state index in [0.717, 1.165) is 12.8 Å². The molecule has 0 aliphatic rings. The molecule has 0 radical (unpaired) electrons.